The third-order valence-electron chi connectivity index (χ3n) is 3.37. The van der Waals surface area contributed by atoms with Crippen LogP contribution in [0.3, 0.4) is 0 Å². The molecule has 0 aliphatic rings. The van der Waals surface area contributed by atoms with E-state index >= 15 is 0 Å². The molecule has 4 heteroatoms. The third-order valence-corrected chi connectivity index (χ3v) is 3.37. The lowest BCUT2D eigenvalue weighted by molar-refractivity contribution is 0.0944. The highest BCUT2D eigenvalue weighted by Crippen LogP contribution is 2.21. The van der Waals surface area contributed by atoms with Crippen LogP contribution in [0, 0.1) is 0 Å². The molecule has 3 rings (SSSR count). The van der Waals surface area contributed by atoms with Crippen LogP contribution in [-0.4, -0.2) is 29.3 Å². The molecule has 0 N–H and O–H groups in total. The van der Waals surface area contributed by atoms with Gasteiger partial charge in [0.15, 0.2) is 5.78 Å². The van der Waals surface area contributed by atoms with E-state index in [9.17, 15) is 4.79 Å². The zero-order valence-electron chi connectivity index (χ0n) is 11.8. The number of hydrogen-bond acceptors (Lipinski definition) is 4. The molecular weight excluding hydrogens is 264 g/mol. The maximum absolute atomic E-state index is 12.4. The molecule has 21 heavy (non-hydrogen) atoms. The van der Waals surface area contributed by atoms with Gasteiger partial charge in [0.1, 0.15) is 11.8 Å². The van der Waals surface area contributed by atoms with Gasteiger partial charge in [0.2, 0.25) is 0 Å². The van der Waals surface area contributed by atoms with Gasteiger partial charge in [-0.25, -0.2) is 0 Å². The van der Waals surface area contributed by atoms with E-state index in [1.165, 1.54) is 0 Å². The zero-order chi connectivity index (χ0) is 14.7. The molecule has 2 heterocycles. The smallest absolute Gasteiger partial charge is 0.180 e. The molecule has 2 aromatic heterocycles. The lowest BCUT2D eigenvalue weighted by atomic mass is 10.1. The highest BCUT2D eigenvalue weighted by atomic mass is 16.3. The van der Waals surface area contributed by atoms with Crippen molar-refractivity contribution in [1.29, 1.82) is 0 Å². The van der Waals surface area contributed by atoms with Crippen LogP contribution < -0.4 is 0 Å². The minimum atomic E-state index is 0.0614. The standard InChI is InChI=1S/C17H16N2O2/c1-19(10-13-5-4-8-18-9-13)11-16(20)15-12-21-17-7-3-2-6-14(15)17/h2-9,12H,10-11H2,1H3. The van der Waals surface area contributed by atoms with E-state index in [-0.39, 0.29) is 5.78 Å². The lowest BCUT2D eigenvalue weighted by Gasteiger charge is -2.15. The highest BCUT2D eigenvalue weighted by Gasteiger charge is 2.15. The summed E-state index contributed by atoms with van der Waals surface area (Å²) >= 11 is 0. The van der Waals surface area contributed by atoms with Gasteiger partial charge in [0, 0.05) is 24.3 Å². The molecule has 0 aliphatic heterocycles. The molecule has 1 aromatic carbocycles. The number of carbonyl (C=O) groups is 1. The lowest BCUT2D eigenvalue weighted by Crippen LogP contribution is -2.25. The maximum atomic E-state index is 12.4. The molecule has 0 spiro atoms. The van der Waals surface area contributed by atoms with E-state index in [0.717, 1.165) is 16.5 Å². The van der Waals surface area contributed by atoms with E-state index in [4.69, 9.17) is 4.42 Å². The van der Waals surface area contributed by atoms with Crippen molar-refractivity contribution < 1.29 is 9.21 Å². The van der Waals surface area contributed by atoms with Gasteiger partial charge in [-0.1, -0.05) is 24.3 Å². The van der Waals surface area contributed by atoms with Gasteiger partial charge >= 0.3 is 0 Å². The van der Waals surface area contributed by atoms with E-state index in [0.29, 0.717) is 18.7 Å². The molecule has 3 aromatic rings. The van der Waals surface area contributed by atoms with Gasteiger partial charge in [-0.3, -0.25) is 14.7 Å². The van der Waals surface area contributed by atoms with Crippen LogP contribution in [0.1, 0.15) is 15.9 Å². The molecule has 106 valence electrons. The molecule has 0 atom stereocenters. The van der Waals surface area contributed by atoms with Crippen molar-refractivity contribution in [2.24, 2.45) is 0 Å². The minimum Gasteiger partial charge on any atom is -0.464 e. The fourth-order valence-electron chi connectivity index (χ4n) is 2.38. The molecular formula is C17H16N2O2. The van der Waals surface area contributed by atoms with Crippen molar-refractivity contribution in [3.05, 3.63) is 66.2 Å². The summed E-state index contributed by atoms with van der Waals surface area (Å²) in [5.41, 5.74) is 2.48. The number of aromatic nitrogens is 1. The van der Waals surface area contributed by atoms with E-state index in [2.05, 4.69) is 4.98 Å². The second-order valence-electron chi connectivity index (χ2n) is 5.10. The Morgan fingerprint density at radius 2 is 2.10 bits per heavy atom. The number of fused-ring (bicyclic) bond motifs is 1. The summed E-state index contributed by atoms with van der Waals surface area (Å²) in [7, 11) is 1.92. The number of nitrogens with zero attached hydrogens (tertiary/aromatic N) is 2. The third kappa shape index (κ3) is 3.01. The Bertz CT molecular complexity index is 750. The number of Topliss-reactive ketones (excluding diaryl/α,β-unsaturated/α-hetero) is 1. The molecule has 0 aliphatic carbocycles. The van der Waals surface area contributed by atoms with Gasteiger partial charge in [-0.15, -0.1) is 0 Å². The van der Waals surface area contributed by atoms with Gasteiger partial charge in [-0.05, 0) is 24.7 Å². The van der Waals surface area contributed by atoms with Gasteiger partial charge in [0.05, 0.1) is 12.1 Å². The molecule has 0 amide bonds. The first-order valence-electron chi connectivity index (χ1n) is 6.81. The van der Waals surface area contributed by atoms with Crippen LogP contribution in [0.5, 0.6) is 0 Å². The molecule has 0 fully saturated rings. The van der Waals surface area contributed by atoms with Crippen LogP contribution in [0.25, 0.3) is 11.0 Å². The summed E-state index contributed by atoms with van der Waals surface area (Å²) in [6, 6.07) is 11.5. The summed E-state index contributed by atoms with van der Waals surface area (Å²) in [6.07, 6.45) is 5.10. The Labute approximate surface area is 123 Å². The highest BCUT2D eigenvalue weighted by molar-refractivity contribution is 6.08. The van der Waals surface area contributed by atoms with Crippen molar-refractivity contribution in [3.8, 4) is 0 Å². The van der Waals surface area contributed by atoms with E-state index < -0.39 is 0 Å². The first-order valence-corrected chi connectivity index (χ1v) is 6.81. The van der Waals surface area contributed by atoms with Crippen molar-refractivity contribution in [1.82, 2.24) is 9.88 Å². The number of rotatable bonds is 5. The summed E-state index contributed by atoms with van der Waals surface area (Å²) in [5, 5.41) is 0.872. The van der Waals surface area contributed by atoms with Crippen molar-refractivity contribution in [2.75, 3.05) is 13.6 Å². The Morgan fingerprint density at radius 1 is 1.24 bits per heavy atom. The van der Waals surface area contributed by atoms with Crippen molar-refractivity contribution in [2.45, 2.75) is 6.54 Å². The zero-order valence-corrected chi connectivity index (χ0v) is 11.8. The number of hydrogen-bond donors (Lipinski definition) is 0. The summed E-state index contributed by atoms with van der Waals surface area (Å²) in [6.45, 7) is 1.04. The van der Waals surface area contributed by atoms with Gasteiger partial charge in [-0.2, -0.15) is 0 Å². The van der Waals surface area contributed by atoms with Gasteiger partial charge < -0.3 is 4.42 Å². The number of benzene rings is 1. The second kappa shape index (κ2) is 5.89. The van der Waals surface area contributed by atoms with E-state index in [1.807, 2.05) is 54.5 Å². The Morgan fingerprint density at radius 3 is 2.90 bits per heavy atom. The summed E-state index contributed by atoms with van der Waals surface area (Å²) in [4.78, 5) is 18.5. The predicted octanol–water partition coefficient (Wildman–Crippen LogP) is 3.14. The Hall–Kier alpha value is -2.46. The van der Waals surface area contributed by atoms with Crippen molar-refractivity contribution >= 4 is 16.8 Å². The average Bonchev–Trinajstić information content (AvgIpc) is 2.92. The Kier molecular flexibility index (Phi) is 3.79. The number of ketones is 1. The number of carbonyl (C=O) groups excluding carboxylic acids is 1. The molecule has 0 bridgehead atoms. The maximum Gasteiger partial charge on any atom is 0.180 e. The largest absolute Gasteiger partial charge is 0.464 e. The molecule has 0 saturated carbocycles. The van der Waals surface area contributed by atoms with Crippen molar-refractivity contribution in [3.63, 3.8) is 0 Å². The first kappa shape index (κ1) is 13.5. The summed E-state index contributed by atoms with van der Waals surface area (Å²) < 4.78 is 5.42. The molecule has 0 radical (unpaired) electrons. The fraction of sp³-hybridized carbons (Fsp3) is 0.176. The second-order valence-corrected chi connectivity index (χ2v) is 5.10. The van der Waals surface area contributed by atoms with Crippen LogP contribution in [0.2, 0.25) is 0 Å². The van der Waals surface area contributed by atoms with Gasteiger partial charge in [0.25, 0.3) is 0 Å². The average molecular weight is 280 g/mol. The normalized spacial score (nSPS) is 11.1. The molecule has 4 nitrogen and oxygen atoms in total. The van der Waals surface area contributed by atoms with E-state index in [1.54, 1.807) is 12.5 Å². The van der Waals surface area contributed by atoms with Crippen LogP contribution in [0.15, 0.2) is 59.5 Å². The fourth-order valence-corrected chi connectivity index (χ4v) is 2.38. The molecule has 0 saturated heterocycles. The van der Waals surface area contributed by atoms with Crippen LogP contribution >= 0.6 is 0 Å². The monoisotopic (exact) mass is 280 g/mol. The first-order chi connectivity index (χ1) is 10.2. The molecule has 0 unspecified atom stereocenters. The number of pyridine rings is 1. The minimum absolute atomic E-state index is 0.0614. The summed E-state index contributed by atoms with van der Waals surface area (Å²) in [5.74, 6) is 0.0614. The van der Waals surface area contributed by atoms with Crippen LogP contribution in [-0.2, 0) is 6.54 Å². The Balaban J connectivity index is 1.71. The topological polar surface area (TPSA) is 46.3 Å². The predicted molar refractivity (Wildman–Crippen MR) is 81.1 cm³/mol. The quantitative estimate of drug-likeness (QED) is 0.674. The number of furan rings is 1. The SMILES string of the molecule is CN(CC(=O)c1coc2ccccc12)Cc1cccnc1. The number of likely N-dealkylation sites (N-methyl/N-ethyl adjacent to an activating group) is 1. The number of para-hydroxylation sites is 1. The van der Waals surface area contributed by atoms with Crippen LogP contribution in [0.4, 0.5) is 0 Å².